The zero-order valence-electron chi connectivity index (χ0n) is 8.89. The molecule has 2 aromatic rings. The summed E-state index contributed by atoms with van der Waals surface area (Å²) in [6.45, 7) is 0.273. The van der Waals surface area contributed by atoms with Gasteiger partial charge in [0.2, 0.25) is 6.79 Å². The van der Waals surface area contributed by atoms with Crippen LogP contribution in [0.3, 0.4) is 0 Å². The molecule has 3 rings (SSSR count). The van der Waals surface area contributed by atoms with Crippen LogP contribution in [0.2, 0.25) is 0 Å². The highest BCUT2D eigenvalue weighted by Crippen LogP contribution is 2.35. The van der Waals surface area contributed by atoms with Gasteiger partial charge in [0.15, 0.2) is 11.5 Å². The average molecular weight is 249 g/mol. The summed E-state index contributed by atoms with van der Waals surface area (Å²) in [6, 6.07) is 7.56. The number of hydrogen-bond donors (Lipinski definition) is 0. The molecule has 0 saturated heterocycles. The van der Waals surface area contributed by atoms with Crippen molar-refractivity contribution in [3.63, 3.8) is 0 Å². The van der Waals surface area contributed by atoms with Gasteiger partial charge in [0, 0.05) is 11.8 Å². The third-order valence-corrected chi connectivity index (χ3v) is 2.73. The summed E-state index contributed by atoms with van der Waals surface area (Å²) in [6.07, 6.45) is 1.70. The predicted octanol–water partition coefficient (Wildman–Crippen LogP) is 2.61. The number of ether oxygens (including phenoxy) is 2. The van der Waals surface area contributed by atoms with E-state index in [1.165, 1.54) is 0 Å². The molecule has 0 radical (unpaired) electrons. The Morgan fingerprint density at radius 1 is 1.18 bits per heavy atom. The van der Waals surface area contributed by atoms with Crippen LogP contribution >= 0.6 is 11.6 Å². The molecule has 17 heavy (non-hydrogen) atoms. The molecule has 1 aromatic heterocycles. The maximum Gasteiger partial charge on any atom is 0.231 e. The molecule has 5 heteroatoms. The molecule has 0 saturated carbocycles. The largest absolute Gasteiger partial charge is 0.454 e. The van der Waals surface area contributed by atoms with E-state index in [1.54, 1.807) is 6.20 Å². The topological polar surface area (TPSA) is 44.2 Å². The van der Waals surface area contributed by atoms with Gasteiger partial charge in [0.25, 0.3) is 0 Å². The zero-order valence-corrected chi connectivity index (χ0v) is 9.65. The first-order chi connectivity index (χ1) is 8.36. The lowest BCUT2D eigenvalue weighted by molar-refractivity contribution is 0.174. The first-order valence-electron chi connectivity index (χ1n) is 5.15. The van der Waals surface area contributed by atoms with E-state index >= 15 is 0 Å². The lowest BCUT2D eigenvalue weighted by atomic mass is 10.1. The van der Waals surface area contributed by atoms with Crippen molar-refractivity contribution in [3.05, 3.63) is 36.3 Å². The molecule has 0 aliphatic carbocycles. The van der Waals surface area contributed by atoms with Gasteiger partial charge >= 0.3 is 0 Å². The smallest absolute Gasteiger partial charge is 0.231 e. The summed E-state index contributed by atoms with van der Waals surface area (Å²) in [7, 11) is 0. The molecule has 0 bridgehead atoms. The Bertz CT molecular complexity index is 560. The summed E-state index contributed by atoms with van der Waals surface area (Å²) in [5.41, 5.74) is 1.79. The monoisotopic (exact) mass is 248 g/mol. The fourth-order valence-electron chi connectivity index (χ4n) is 1.68. The molecule has 0 spiro atoms. The van der Waals surface area contributed by atoms with E-state index in [9.17, 15) is 0 Å². The number of rotatable bonds is 2. The van der Waals surface area contributed by atoms with E-state index in [4.69, 9.17) is 21.1 Å². The summed E-state index contributed by atoms with van der Waals surface area (Å²) in [5.74, 6) is 2.43. The van der Waals surface area contributed by atoms with Crippen molar-refractivity contribution in [2.24, 2.45) is 0 Å². The molecule has 86 valence electrons. The normalized spacial score (nSPS) is 12.8. The van der Waals surface area contributed by atoms with E-state index in [-0.39, 0.29) is 6.79 Å². The standard InChI is InChI=1S/C12H9ClN2O2/c13-6-12-14-4-3-9(15-12)8-1-2-10-11(5-8)17-7-16-10/h1-5H,6-7H2. The molecular formula is C12H9ClN2O2. The molecule has 0 fully saturated rings. The Morgan fingerprint density at radius 3 is 2.94 bits per heavy atom. The van der Waals surface area contributed by atoms with Crippen LogP contribution < -0.4 is 9.47 Å². The molecule has 0 amide bonds. The van der Waals surface area contributed by atoms with Crippen LogP contribution in [0.1, 0.15) is 5.82 Å². The van der Waals surface area contributed by atoms with Gasteiger partial charge in [-0.1, -0.05) is 0 Å². The van der Waals surface area contributed by atoms with Gasteiger partial charge in [-0.05, 0) is 24.3 Å². The summed E-state index contributed by atoms with van der Waals surface area (Å²) >= 11 is 5.71. The van der Waals surface area contributed by atoms with Gasteiger partial charge < -0.3 is 9.47 Å². The molecule has 0 unspecified atom stereocenters. The van der Waals surface area contributed by atoms with Gasteiger partial charge in [-0.3, -0.25) is 0 Å². The van der Waals surface area contributed by atoms with Crippen molar-refractivity contribution < 1.29 is 9.47 Å². The van der Waals surface area contributed by atoms with Crippen molar-refractivity contribution in [2.75, 3.05) is 6.79 Å². The Balaban J connectivity index is 2.03. The molecule has 1 aliphatic heterocycles. The lowest BCUT2D eigenvalue weighted by Gasteiger charge is -2.03. The molecule has 1 aliphatic rings. The second-order valence-corrected chi connectivity index (χ2v) is 3.83. The maximum absolute atomic E-state index is 5.71. The molecule has 1 aromatic carbocycles. The number of fused-ring (bicyclic) bond motifs is 1. The fraction of sp³-hybridized carbons (Fsp3) is 0.167. The zero-order chi connectivity index (χ0) is 11.7. The van der Waals surface area contributed by atoms with Crippen molar-refractivity contribution >= 4 is 11.6 Å². The number of nitrogens with zero attached hydrogens (tertiary/aromatic N) is 2. The highest BCUT2D eigenvalue weighted by Gasteiger charge is 2.14. The molecule has 0 N–H and O–H groups in total. The second-order valence-electron chi connectivity index (χ2n) is 3.56. The summed E-state index contributed by atoms with van der Waals surface area (Å²) in [5, 5.41) is 0. The number of benzene rings is 1. The SMILES string of the molecule is ClCc1nccc(-c2ccc3c(c2)OCO3)n1. The van der Waals surface area contributed by atoms with Crippen LogP contribution in [-0.4, -0.2) is 16.8 Å². The van der Waals surface area contributed by atoms with Gasteiger partial charge in [0.1, 0.15) is 5.82 Å². The predicted molar refractivity (Wildman–Crippen MR) is 63.1 cm³/mol. The Kier molecular flexibility index (Phi) is 2.57. The van der Waals surface area contributed by atoms with E-state index < -0.39 is 0 Å². The van der Waals surface area contributed by atoms with E-state index in [0.717, 1.165) is 22.8 Å². The highest BCUT2D eigenvalue weighted by atomic mass is 35.5. The van der Waals surface area contributed by atoms with Gasteiger partial charge in [0.05, 0.1) is 11.6 Å². The minimum Gasteiger partial charge on any atom is -0.454 e. The molecule has 4 nitrogen and oxygen atoms in total. The number of aromatic nitrogens is 2. The Morgan fingerprint density at radius 2 is 2.06 bits per heavy atom. The third kappa shape index (κ3) is 1.91. The lowest BCUT2D eigenvalue weighted by Crippen LogP contribution is -1.93. The van der Waals surface area contributed by atoms with Gasteiger partial charge in [-0.25, -0.2) is 9.97 Å². The van der Waals surface area contributed by atoms with E-state index in [2.05, 4.69) is 9.97 Å². The third-order valence-electron chi connectivity index (χ3n) is 2.49. The highest BCUT2D eigenvalue weighted by molar-refractivity contribution is 6.16. The van der Waals surface area contributed by atoms with Crippen molar-refractivity contribution in [1.29, 1.82) is 0 Å². The van der Waals surface area contributed by atoms with Gasteiger partial charge in [-0.2, -0.15) is 0 Å². The number of halogens is 1. The number of hydrogen-bond acceptors (Lipinski definition) is 4. The quantitative estimate of drug-likeness (QED) is 0.767. The van der Waals surface area contributed by atoms with Crippen LogP contribution in [0.25, 0.3) is 11.3 Å². The Hall–Kier alpha value is -1.81. The van der Waals surface area contributed by atoms with Crippen LogP contribution in [0.4, 0.5) is 0 Å². The van der Waals surface area contributed by atoms with Crippen molar-refractivity contribution in [1.82, 2.24) is 9.97 Å². The van der Waals surface area contributed by atoms with Crippen LogP contribution in [0.5, 0.6) is 11.5 Å². The average Bonchev–Trinajstić information content (AvgIpc) is 2.86. The van der Waals surface area contributed by atoms with Crippen molar-refractivity contribution in [2.45, 2.75) is 5.88 Å². The maximum atomic E-state index is 5.71. The Labute approximate surface area is 103 Å². The molecule has 2 heterocycles. The van der Waals surface area contributed by atoms with Crippen LogP contribution in [0, 0.1) is 0 Å². The minimum absolute atomic E-state index is 0.273. The fourth-order valence-corrected chi connectivity index (χ4v) is 1.81. The molecular weight excluding hydrogens is 240 g/mol. The summed E-state index contributed by atoms with van der Waals surface area (Å²) in [4.78, 5) is 8.40. The molecule has 0 atom stereocenters. The first-order valence-corrected chi connectivity index (χ1v) is 5.68. The first kappa shape index (κ1) is 10.4. The van der Waals surface area contributed by atoms with Crippen LogP contribution in [0.15, 0.2) is 30.5 Å². The minimum atomic E-state index is 0.273. The van der Waals surface area contributed by atoms with Crippen LogP contribution in [-0.2, 0) is 5.88 Å². The second kappa shape index (κ2) is 4.22. The van der Waals surface area contributed by atoms with Gasteiger partial charge in [-0.15, -0.1) is 11.6 Å². The van der Waals surface area contributed by atoms with E-state index in [0.29, 0.717) is 11.7 Å². The van der Waals surface area contributed by atoms with Crippen molar-refractivity contribution in [3.8, 4) is 22.8 Å². The van der Waals surface area contributed by atoms with E-state index in [1.807, 2.05) is 24.3 Å². The summed E-state index contributed by atoms with van der Waals surface area (Å²) < 4.78 is 10.6. The number of alkyl halides is 1.